The van der Waals surface area contributed by atoms with Crippen LogP contribution in [0.2, 0.25) is 0 Å². The Labute approximate surface area is 67.3 Å². The number of ether oxygens (including phenoxy) is 2. The number of hydrogen-bond donors (Lipinski definition) is 1. The fourth-order valence-electron chi connectivity index (χ4n) is 1.37. The molecule has 0 aromatic carbocycles. The zero-order valence-electron chi connectivity index (χ0n) is 7.17. The van der Waals surface area contributed by atoms with Gasteiger partial charge in [0.15, 0.2) is 5.79 Å². The fraction of sp³-hybridized carbons (Fsp3) is 1.00. The summed E-state index contributed by atoms with van der Waals surface area (Å²) >= 11 is 0. The molecule has 1 aliphatic rings. The van der Waals surface area contributed by atoms with E-state index in [1.807, 2.05) is 13.8 Å². The maximum atomic E-state index is 8.75. The van der Waals surface area contributed by atoms with Gasteiger partial charge in [-0.25, -0.2) is 0 Å². The lowest BCUT2D eigenvalue weighted by atomic mass is 10.1. The molecule has 0 aromatic rings. The minimum Gasteiger partial charge on any atom is -0.396 e. The van der Waals surface area contributed by atoms with Gasteiger partial charge in [-0.3, -0.25) is 0 Å². The highest BCUT2D eigenvalue weighted by atomic mass is 16.7. The quantitative estimate of drug-likeness (QED) is 0.667. The first kappa shape index (κ1) is 8.97. The Morgan fingerprint density at radius 1 is 1.64 bits per heavy atom. The largest absolute Gasteiger partial charge is 0.396 e. The molecule has 1 rings (SSSR count). The van der Waals surface area contributed by atoms with Crippen LogP contribution in [-0.2, 0) is 9.47 Å². The Balaban J connectivity index is 2.48. The molecule has 0 aliphatic carbocycles. The third-order valence-electron chi connectivity index (χ3n) is 2.03. The van der Waals surface area contributed by atoms with Crippen LogP contribution in [0.15, 0.2) is 0 Å². The molecule has 1 aliphatic heterocycles. The van der Waals surface area contributed by atoms with E-state index in [2.05, 4.69) is 0 Å². The van der Waals surface area contributed by atoms with Crippen molar-refractivity contribution in [3.8, 4) is 0 Å². The van der Waals surface area contributed by atoms with Crippen LogP contribution >= 0.6 is 0 Å². The van der Waals surface area contributed by atoms with E-state index >= 15 is 0 Å². The van der Waals surface area contributed by atoms with Crippen LogP contribution in [0.25, 0.3) is 0 Å². The maximum Gasteiger partial charge on any atom is 0.170 e. The van der Waals surface area contributed by atoms with Crippen LogP contribution in [0.1, 0.15) is 26.7 Å². The first-order valence-corrected chi connectivity index (χ1v) is 4.15. The average Bonchev–Trinajstić information content (AvgIpc) is 2.34. The van der Waals surface area contributed by atoms with E-state index in [9.17, 15) is 0 Å². The van der Waals surface area contributed by atoms with Crippen molar-refractivity contribution in [1.82, 2.24) is 0 Å². The molecule has 0 saturated carbocycles. The molecule has 0 amide bonds. The van der Waals surface area contributed by atoms with Crippen molar-refractivity contribution in [3.63, 3.8) is 0 Å². The van der Waals surface area contributed by atoms with E-state index in [1.165, 1.54) is 0 Å². The lowest BCUT2D eigenvalue weighted by Crippen LogP contribution is -2.30. The smallest absolute Gasteiger partial charge is 0.170 e. The summed E-state index contributed by atoms with van der Waals surface area (Å²) in [7, 11) is 0. The van der Waals surface area contributed by atoms with E-state index in [4.69, 9.17) is 14.6 Å². The molecule has 3 nitrogen and oxygen atoms in total. The molecule has 0 spiro atoms. The maximum absolute atomic E-state index is 8.75. The molecule has 3 heteroatoms. The highest BCUT2D eigenvalue weighted by molar-refractivity contribution is 4.75. The van der Waals surface area contributed by atoms with Gasteiger partial charge in [0.1, 0.15) is 0 Å². The van der Waals surface area contributed by atoms with Crippen LogP contribution in [-0.4, -0.2) is 30.2 Å². The summed E-state index contributed by atoms with van der Waals surface area (Å²) in [6.07, 6.45) is 1.55. The van der Waals surface area contributed by atoms with Crippen LogP contribution in [0, 0.1) is 0 Å². The summed E-state index contributed by atoms with van der Waals surface area (Å²) in [4.78, 5) is 0. The highest BCUT2D eigenvalue weighted by Gasteiger charge is 2.37. The predicted molar refractivity (Wildman–Crippen MR) is 41.2 cm³/mol. The third kappa shape index (κ3) is 1.92. The average molecular weight is 160 g/mol. The topological polar surface area (TPSA) is 38.7 Å². The van der Waals surface area contributed by atoms with Gasteiger partial charge in [-0.1, -0.05) is 6.92 Å². The van der Waals surface area contributed by atoms with Crippen molar-refractivity contribution in [1.29, 1.82) is 0 Å². The van der Waals surface area contributed by atoms with E-state index in [1.54, 1.807) is 0 Å². The zero-order valence-corrected chi connectivity index (χ0v) is 7.17. The molecule has 1 saturated heterocycles. The first-order chi connectivity index (χ1) is 5.22. The van der Waals surface area contributed by atoms with Crippen molar-refractivity contribution in [2.24, 2.45) is 0 Å². The van der Waals surface area contributed by atoms with Crippen LogP contribution in [0.3, 0.4) is 0 Å². The number of hydrogen-bond acceptors (Lipinski definition) is 3. The van der Waals surface area contributed by atoms with Gasteiger partial charge in [0, 0.05) is 13.0 Å². The van der Waals surface area contributed by atoms with Crippen LogP contribution < -0.4 is 0 Å². The Bertz CT molecular complexity index is 123. The van der Waals surface area contributed by atoms with E-state index < -0.39 is 5.79 Å². The molecule has 1 heterocycles. The van der Waals surface area contributed by atoms with E-state index in [0.29, 0.717) is 13.0 Å². The summed E-state index contributed by atoms with van der Waals surface area (Å²) in [6.45, 7) is 4.76. The van der Waals surface area contributed by atoms with Gasteiger partial charge >= 0.3 is 0 Å². The molecular formula is C8H16O3. The molecule has 2 unspecified atom stereocenters. The Morgan fingerprint density at radius 2 is 2.36 bits per heavy atom. The number of aliphatic hydroxyl groups is 1. The second kappa shape index (κ2) is 3.52. The summed E-state index contributed by atoms with van der Waals surface area (Å²) in [6, 6.07) is 0. The first-order valence-electron chi connectivity index (χ1n) is 4.15. The van der Waals surface area contributed by atoms with Crippen molar-refractivity contribution < 1.29 is 14.6 Å². The predicted octanol–water partition coefficient (Wildman–Crippen LogP) is 0.910. The van der Waals surface area contributed by atoms with Gasteiger partial charge in [0.2, 0.25) is 0 Å². The summed E-state index contributed by atoms with van der Waals surface area (Å²) in [5.41, 5.74) is 0. The van der Waals surface area contributed by atoms with Gasteiger partial charge in [0.05, 0.1) is 12.7 Å². The Morgan fingerprint density at radius 3 is 2.73 bits per heavy atom. The molecular weight excluding hydrogens is 144 g/mol. The minimum atomic E-state index is -0.492. The van der Waals surface area contributed by atoms with Crippen LogP contribution in [0.4, 0.5) is 0 Å². The standard InChI is InChI=1S/C8H16O3/c1-3-8(4-5-9)10-6-7(2)11-8/h7,9H,3-6H2,1-2H3. The van der Waals surface area contributed by atoms with Crippen LogP contribution in [0.5, 0.6) is 0 Å². The Kier molecular flexibility index (Phi) is 2.87. The normalized spacial score (nSPS) is 37.9. The zero-order chi connectivity index (χ0) is 8.32. The molecule has 11 heavy (non-hydrogen) atoms. The molecule has 1 fully saturated rings. The van der Waals surface area contributed by atoms with Gasteiger partial charge in [0.25, 0.3) is 0 Å². The van der Waals surface area contributed by atoms with Gasteiger partial charge in [-0.2, -0.15) is 0 Å². The van der Waals surface area contributed by atoms with Crippen molar-refractivity contribution in [2.45, 2.75) is 38.6 Å². The second-order valence-electron chi connectivity index (χ2n) is 2.98. The van der Waals surface area contributed by atoms with Gasteiger partial charge < -0.3 is 14.6 Å². The molecule has 0 aromatic heterocycles. The molecule has 0 radical (unpaired) electrons. The second-order valence-corrected chi connectivity index (χ2v) is 2.98. The lowest BCUT2D eigenvalue weighted by Gasteiger charge is -2.25. The van der Waals surface area contributed by atoms with Gasteiger partial charge in [-0.15, -0.1) is 0 Å². The Hall–Kier alpha value is -0.120. The fourth-order valence-corrected chi connectivity index (χ4v) is 1.37. The van der Waals surface area contributed by atoms with Gasteiger partial charge in [-0.05, 0) is 13.3 Å². The molecule has 1 N–H and O–H groups in total. The van der Waals surface area contributed by atoms with Crippen molar-refractivity contribution >= 4 is 0 Å². The third-order valence-corrected chi connectivity index (χ3v) is 2.03. The molecule has 2 atom stereocenters. The van der Waals surface area contributed by atoms with E-state index in [0.717, 1.165) is 6.42 Å². The van der Waals surface area contributed by atoms with Crippen molar-refractivity contribution in [3.05, 3.63) is 0 Å². The lowest BCUT2D eigenvalue weighted by molar-refractivity contribution is -0.177. The van der Waals surface area contributed by atoms with Crippen molar-refractivity contribution in [2.75, 3.05) is 13.2 Å². The molecule has 66 valence electrons. The van der Waals surface area contributed by atoms with E-state index in [-0.39, 0.29) is 12.7 Å². The highest BCUT2D eigenvalue weighted by Crippen LogP contribution is 2.29. The SMILES string of the molecule is CCC1(CCO)OCC(C)O1. The summed E-state index contributed by atoms with van der Waals surface area (Å²) < 4.78 is 11.0. The summed E-state index contributed by atoms with van der Waals surface area (Å²) in [5.74, 6) is -0.492. The number of aliphatic hydroxyl groups excluding tert-OH is 1. The molecule has 0 bridgehead atoms. The number of rotatable bonds is 3. The minimum absolute atomic E-state index is 0.126. The monoisotopic (exact) mass is 160 g/mol. The summed E-state index contributed by atoms with van der Waals surface area (Å²) in [5, 5.41) is 8.75.